The lowest BCUT2D eigenvalue weighted by molar-refractivity contribution is -0.156. The van der Waals surface area contributed by atoms with Crippen molar-refractivity contribution >= 4 is 5.97 Å². The van der Waals surface area contributed by atoms with Crippen LogP contribution in [-0.2, 0) is 9.53 Å². The molecule has 0 aliphatic rings. The van der Waals surface area contributed by atoms with Gasteiger partial charge in [0.2, 0.25) is 0 Å². The predicted molar refractivity (Wildman–Crippen MR) is 142 cm³/mol. The summed E-state index contributed by atoms with van der Waals surface area (Å²) in [5, 5.41) is 0. The van der Waals surface area contributed by atoms with Crippen molar-refractivity contribution in [2.24, 2.45) is 5.41 Å². The zero-order chi connectivity index (χ0) is 23.8. The highest BCUT2D eigenvalue weighted by Crippen LogP contribution is 2.32. The molecule has 0 radical (unpaired) electrons. The molecule has 0 bridgehead atoms. The lowest BCUT2D eigenvalue weighted by Crippen LogP contribution is -2.30. The Morgan fingerprint density at radius 3 is 1.28 bits per heavy atom. The highest BCUT2D eigenvalue weighted by molar-refractivity contribution is 5.76. The monoisotopic (exact) mass is 452 g/mol. The average Bonchev–Trinajstić information content (AvgIpc) is 2.78. The molecule has 0 aromatic rings. The molecular formula is C30H60O2. The van der Waals surface area contributed by atoms with Crippen LogP contribution in [0.15, 0.2) is 0 Å². The van der Waals surface area contributed by atoms with E-state index in [1.54, 1.807) is 0 Å². The number of rotatable bonds is 25. The maximum atomic E-state index is 12.8. The molecule has 0 heterocycles. The van der Waals surface area contributed by atoms with Crippen molar-refractivity contribution in [1.82, 2.24) is 0 Å². The first-order valence-corrected chi connectivity index (χ1v) is 14.8. The van der Waals surface area contributed by atoms with E-state index in [0.717, 1.165) is 32.1 Å². The molecule has 0 saturated heterocycles. The molecule has 0 aromatic carbocycles. The molecule has 0 N–H and O–H groups in total. The van der Waals surface area contributed by atoms with Gasteiger partial charge in [0.15, 0.2) is 0 Å². The highest BCUT2D eigenvalue weighted by atomic mass is 16.5. The second-order valence-electron chi connectivity index (χ2n) is 10.6. The van der Waals surface area contributed by atoms with Crippen molar-refractivity contribution in [2.45, 2.75) is 175 Å². The van der Waals surface area contributed by atoms with E-state index >= 15 is 0 Å². The number of esters is 1. The number of carbonyl (C=O) groups is 1. The van der Waals surface area contributed by atoms with E-state index < -0.39 is 0 Å². The first-order chi connectivity index (χ1) is 15.6. The van der Waals surface area contributed by atoms with E-state index in [-0.39, 0.29) is 11.4 Å². The second kappa shape index (κ2) is 23.6. The summed E-state index contributed by atoms with van der Waals surface area (Å²) >= 11 is 0. The van der Waals surface area contributed by atoms with Gasteiger partial charge in [-0.2, -0.15) is 0 Å². The van der Waals surface area contributed by atoms with Crippen LogP contribution in [0.1, 0.15) is 175 Å². The van der Waals surface area contributed by atoms with Crippen LogP contribution in [0.5, 0.6) is 0 Å². The molecule has 32 heavy (non-hydrogen) atoms. The van der Waals surface area contributed by atoms with Crippen molar-refractivity contribution < 1.29 is 9.53 Å². The van der Waals surface area contributed by atoms with Gasteiger partial charge >= 0.3 is 5.97 Å². The lowest BCUT2D eigenvalue weighted by atomic mass is 9.80. The fourth-order valence-electron chi connectivity index (χ4n) is 4.81. The van der Waals surface area contributed by atoms with Gasteiger partial charge in [0.05, 0.1) is 12.0 Å². The minimum atomic E-state index is -0.270. The minimum absolute atomic E-state index is 0.0605. The largest absolute Gasteiger partial charge is 0.465 e. The highest BCUT2D eigenvalue weighted by Gasteiger charge is 2.33. The molecule has 0 fully saturated rings. The minimum Gasteiger partial charge on any atom is -0.465 e. The van der Waals surface area contributed by atoms with E-state index in [1.165, 1.54) is 116 Å². The molecule has 2 nitrogen and oxygen atoms in total. The van der Waals surface area contributed by atoms with E-state index in [4.69, 9.17) is 4.74 Å². The van der Waals surface area contributed by atoms with Gasteiger partial charge in [-0.3, -0.25) is 4.79 Å². The van der Waals surface area contributed by atoms with Gasteiger partial charge in [0.1, 0.15) is 0 Å². The van der Waals surface area contributed by atoms with Gasteiger partial charge in [-0.1, -0.05) is 149 Å². The third-order valence-electron chi connectivity index (χ3n) is 7.11. The van der Waals surface area contributed by atoms with Crippen LogP contribution < -0.4 is 0 Å². The molecule has 0 amide bonds. The van der Waals surface area contributed by atoms with Crippen molar-refractivity contribution in [3.63, 3.8) is 0 Å². The summed E-state index contributed by atoms with van der Waals surface area (Å²) < 4.78 is 5.74. The average molecular weight is 453 g/mol. The van der Waals surface area contributed by atoms with Gasteiger partial charge < -0.3 is 4.74 Å². The molecule has 0 spiro atoms. The smallest absolute Gasteiger partial charge is 0.311 e. The first-order valence-electron chi connectivity index (χ1n) is 14.8. The first kappa shape index (κ1) is 31.5. The zero-order valence-electron chi connectivity index (χ0n) is 22.8. The number of ether oxygens (including phenoxy) is 1. The summed E-state index contributed by atoms with van der Waals surface area (Å²) in [6.45, 7) is 9.49. The summed E-state index contributed by atoms with van der Waals surface area (Å²) in [4.78, 5) is 12.8. The summed E-state index contributed by atoms with van der Waals surface area (Å²) in [5.41, 5.74) is -0.270. The molecule has 0 aliphatic heterocycles. The molecule has 1 unspecified atom stereocenters. The Hall–Kier alpha value is -0.530. The van der Waals surface area contributed by atoms with Crippen molar-refractivity contribution in [3.8, 4) is 0 Å². The van der Waals surface area contributed by atoms with Crippen molar-refractivity contribution in [3.05, 3.63) is 0 Å². The number of unbranched alkanes of at least 4 members (excludes halogenated alkanes) is 18. The molecule has 2 heteroatoms. The summed E-state index contributed by atoms with van der Waals surface area (Å²) in [6.07, 6.45) is 29.6. The Morgan fingerprint density at radius 1 is 0.500 bits per heavy atom. The second-order valence-corrected chi connectivity index (χ2v) is 10.6. The van der Waals surface area contributed by atoms with E-state index in [1.807, 2.05) is 0 Å². The van der Waals surface area contributed by atoms with Gasteiger partial charge in [-0.25, -0.2) is 0 Å². The third kappa shape index (κ3) is 19.0. The summed E-state index contributed by atoms with van der Waals surface area (Å²) in [7, 11) is 0. The Bertz CT molecular complexity index is 392. The number of hydrogen-bond donors (Lipinski definition) is 0. The van der Waals surface area contributed by atoms with Gasteiger partial charge in [-0.05, 0) is 26.2 Å². The van der Waals surface area contributed by atoms with Crippen LogP contribution in [0.25, 0.3) is 0 Å². The normalized spacial score (nSPS) is 13.2. The van der Waals surface area contributed by atoms with Gasteiger partial charge in [-0.15, -0.1) is 0 Å². The number of carbonyl (C=O) groups excluding carboxylic acids is 1. The molecule has 0 aliphatic carbocycles. The SMILES string of the molecule is CCCCCCCCCCCCCCOC(=O)C(C)(CCC)CCCCCCCCCC. The topological polar surface area (TPSA) is 26.3 Å². The van der Waals surface area contributed by atoms with E-state index in [2.05, 4.69) is 27.7 Å². The Labute approximate surface area is 203 Å². The Morgan fingerprint density at radius 2 is 0.875 bits per heavy atom. The summed E-state index contributed by atoms with van der Waals surface area (Å²) in [6, 6.07) is 0. The van der Waals surface area contributed by atoms with Crippen molar-refractivity contribution in [2.75, 3.05) is 6.61 Å². The van der Waals surface area contributed by atoms with Crippen LogP contribution in [-0.4, -0.2) is 12.6 Å². The van der Waals surface area contributed by atoms with Crippen LogP contribution in [0.2, 0.25) is 0 Å². The molecule has 1 atom stereocenters. The van der Waals surface area contributed by atoms with Crippen LogP contribution in [0.3, 0.4) is 0 Å². The molecule has 0 saturated carbocycles. The fraction of sp³-hybridized carbons (Fsp3) is 0.967. The molecule has 0 rings (SSSR count). The predicted octanol–water partition coefficient (Wildman–Crippen LogP) is 10.6. The van der Waals surface area contributed by atoms with Crippen LogP contribution in [0.4, 0.5) is 0 Å². The molecule has 192 valence electrons. The van der Waals surface area contributed by atoms with E-state index in [0.29, 0.717) is 6.61 Å². The third-order valence-corrected chi connectivity index (χ3v) is 7.11. The number of hydrogen-bond acceptors (Lipinski definition) is 2. The fourth-order valence-corrected chi connectivity index (χ4v) is 4.81. The quantitative estimate of drug-likeness (QED) is 0.102. The maximum absolute atomic E-state index is 12.8. The Kier molecular flexibility index (Phi) is 23.2. The Balaban J connectivity index is 3.73. The van der Waals surface area contributed by atoms with E-state index in [9.17, 15) is 4.79 Å². The molecule has 0 aromatic heterocycles. The van der Waals surface area contributed by atoms with Crippen LogP contribution in [0, 0.1) is 5.41 Å². The van der Waals surface area contributed by atoms with Crippen LogP contribution >= 0.6 is 0 Å². The summed E-state index contributed by atoms with van der Waals surface area (Å²) in [5.74, 6) is 0.0605. The van der Waals surface area contributed by atoms with Gasteiger partial charge in [0.25, 0.3) is 0 Å². The zero-order valence-corrected chi connectivity index (χ0v) is 22.8. The van der Waals surface area contributed by atoms with Gasteiger partial charge in [0, 0.05) is 0 Å². The lowest BCUT2D eigenvalue weighted by Gasteiger charge is -2.27. The maximum Gasteiger partial charge on any atom is 0.311 e. The molecular weight excluding hydrogens is 392 g/mol. The van der Waals surface area contributed by atoms with Crippen molar-refractivity contribution in [1.29, 1.82) is 0 Å². The standard InChI is InChI=1S/C30H60O2/c1-5-8-10-12-14-16-17-18-19-21-23-25-28-32-29(31)30(4,26-7-3)27-24-22-20-15-13-11-9-6-2/h5-28H2,1-4H3.